The van der Waals surface area contributed by atoms with E-state index in [4.69, 9.17) is 4.74 Å². The second kappa shape index (κ2) is 8.94. The van der Waals surface area contributed by atoms with Crippen molar-refractivity contribution >= 4 is 15.7 Å². The zero-order valence-corrected chi connectivity index (χ0v) is 15.8. The van der Waals surface area contributed by atoms with Gasteiger partial charge < -0.3 is 10.1 Å². The molecule has 3 rings (SSSR count). The first-order valence-electron chi connectivity index (χ1n) is 9.04. The second-order valence-electron chi connectivity index (χ2n) is 6.57. The normalized spacial score (nSPS) is 20.0. The van der Waals surface area contributed by atoms with Crippen molar-refractivity contribution in [3.63, 3.8) is 0 Å². The minimum absolute atomic E-state index is 0.0362. The Kier molecular flexibility index (Phi) is 6.39. The third-order valence-electron chi connectivity index (χ3n) is 4.55. The molecule has 1 aromatic carbocycles. The van der Waals surface area contributed by atoms with Crippen molar-refractivity contribution in [2.45, 2.75) is 49.1 Å². The number of rotatable bonds is 7. The Labute approximate surface area is 159 Å². The number of carbonyl (C=O) groups is 1. The predicted molar refractivity (Wildman–Crippen MR) is 100.0 cm³/mol. The summed E-state index contributed by atoms with van der Waals surface area (Å²) in [6, 6.07) is 10.4. The lowest BCUT2D eigenvalue weighted by molar-refractivity contribution is -0.121. The summed E-state index contributed by atoms with van der Waals surface area (Å²) in [7, 11) is -3.43. The van der Waals surface area contributed by atoms with Gasteiger partial charge in [-0.2, -0.15) is 0 Å². The molecule has 0 atom stereocenters. The SMILES string of the molecule is O=C(CCS(=O)(=O)c1ccccc1)NC1CCC(Oc2ncccn2)CC1. The number of ether oxygens (including phenoxy) is 1. The number of carbonyl (C=O) groups excluding carboxylic acids is 1. The largest absolute Gasteiger partial charge is 0.460 e. The van der Waals surface area contributed by atoms with E-state index in [0.29, 0.717) is 6.01 Å². The van der Waals surface area contributed by atoms with Crippen LogP contribution in [-0.2, 0) is 14.6 Å². The molecule has 1 fully saturated rings. The van der Waals surface area contributed by atoms with Gasteiger partial charge in [-0.1, -0.05) is 18.2 Å². The highest BCUT2D eigenvalue weighted by molar-refractivity contribution is 7.91. The molecular weight excluding hydrogens is 366 g/mol. The summed E-state index contributed by atoms with van der Waals surface area (Å²) < 4.78 is 30.2. The molecular formula is C19H23N3O4S. The van der Waals surface area contributed by atoms with Gasteiger partial charge in [0.1, 0.15) is 6.10 Å². The van der Waals surface area contributed by atoms with Crippen molar-refractivity contribution < 1.29 is 17.9 Å². The van der Waals surface area contributed by atoms with Crippen molar-refractivity contribution in [3.05, 3.63) is 48.8 Å². The molecule has 8 heteroatoms. The van der Waals surface area contributed by atoms with Crippen LogP contribution in [0.3, 0.4) is 0 Å². The van der Waals surface area contributed by atoms with Gasteiger partial charge in [-0.25, -0.2) is 18.4 Å². The lowest BCUT2D eigenvalue weighted by Crippen LogP contribution is -2.40. The first kappa shape index (κ1) is 19.3. The van der Waals surface area contributed by atoms with Crippen molar-refractivity contribution in [2.75, 3.05) is 5.75 Å². The van der Waals surface area contributed by atoms with Gasteiger partial charge in [0.2, 0.25) is 5.91 Å². The van der Waals surface area contributed by atoms with Gasteiger partial charge in [0.25, 0.3) is 0 Å². The van der Waals surface area contributed by atoms with Crippen LogP contribution in [-0.4, -0.2) is 42.2 Å². The van der Waals surface area contributed by atoms with E-state index in [1.54, 1.807) is 48.8 Å². The Hall–Kier alpha value is -2.48. The van der Waals surface area contributed by atoms with Crippen LogP contribution in [0.4, 0.5) is 0 Å². The number of benzene rings is 1. The Morgan fingerprint density at radius 1 is 1.04 bits per heavy atom. The monoisotopic (exact) mass is 389 g/mol. The van der Waals surface area contributed by atoms with E-state index in [1.165, 1.54) is 0 Å². The number of hydrogen-bond donors (Lipinski definition) is 1. The maximum atomic E-state index is 12.2. The molecule has 7 nitrogen and oxygen atoms in total. The highest BCUT2D eigenvalue weighted by Crippen LogP contribution is 2.22. The average molecular weight is 389 g/mol. The maximum Gasteiger partial charge on any atom is 0.316 e. The molecule has 1 aromatic heterocycles. The van der Waals surface area contributed by atoms with Gasteiger partial charge in [-0.05, 0) is 43.9 Å². The predicted octanol–water partition coefficient (Wildman–Crippen LogP) is 2.15. The van der Waals surface area contributed by atoms with Crippen LogP contribution in [0.15, 0.2) is 53.7 Å². The van der Waals surface area contributed by atoms with Crippen LogP contribution in [0.2, 0.25) is 0 Å². The Morgan fingerprint density at radius 2 is 1.70 bits per heavy atom. The van der Waals surface area contributed by atoms with E-state index in [0.717, 1.165) is 25.7 Å². The first-order valence-corrected chi connectivity index (χ1v) is 10.7. The Bertz CT molecular complexity index is 836. The van der Waals surface area contributed by atoms with Gasteiger partial charge in [0.05, 0.1) is 10.6 Å². The molecule has 0 unspecified atom stereocenters. The number of nitrogens with zero attached hydrogens (tertiary/aromatic N) is 2. The van der Waals surface area contributed by atoms with Gasteiger partial charge in [-0.3, -0.25) is 4.79 Å². The summed E-state index contributed by atoms with van der Waals surface area (Å²) in [5.41, 5.74) is 0. The second-order valence-corrected chi connectivity index (χ2v) is 8.68. The zero-order valence-electron chi connectivity index (χ0n) is 15.0. The van der Waals surface area contributed by atoms with E-state index in [1.807, 2.05) is 0 Å². The highest BCUT2D eigenvalue weighted by atomic mass is 32.2. The Balaban J connectivity index is 1.41. The van der Waals surface area contributed by atoms with E-state index < -0.39 is 9.84 Å². The third-order valence-corrected chi connectivity index (χ3v) is 6.29. The van der Waals surface area contributed by atoms with Crippen molar-refractivity contribution in [3.8, 4) is 6.01 Å². The smallest absolute Gasteiger partial charge is 0.316 e. The molecule has 0 bridgehead atoms. The molecule has 1 saturated carbocycles. The van der Waals surface area contributed by atoms with Crippen LogP contribution in [0, 0.1) is 0 Å². The zero-order chi connectivity index (χ0) is 19.1. The lowest BCUT2D eigenvalue weighted by atomic mass is 9.93. The number of nitrogens with one attached hydrogen (secondary N) is 1. The topological polar surface area (TPSA) is 98.2 Å². The number of hydrogen-bond acceptors (Lipinski definition) is 6. The molecule has 0 radical (unpaired) electrons. The van der Waals surface area contributed by atoms with Gasteiger partial charge in [-0.15, -0.1) is 0 Å². The summed E-state index contributed by atoms with van der Waals surface area (Å²) in [4.78, 5) is 20.5. The highest BCUT2D eigenvalue weighted by Gasteiger charge is 2.25. The van der Waals surface area contributed by atoms with Gasteiger partial charge >= 0.3 is 6.01 Å². The summed E-state index contributed by atoms with van der Waals surface area (Å²) in [5.74, 6) is -0.419. The fourth-order valence-electron chi connectivity index (χ4n) is 3.09. The standard InChI is InChI=1S/C19H23N3O4S/c23-18(11-14-27(24,25)17-5-2-1-3-6-17)22-15-7-9-16(10-8-15)26-19-20-12-4-13-21-19/h1-6,12-13,15-16H,7-11,14H2,(H,22,23). The molecule has 0 spiro atoms. The molecule has 1 heterocycles. The summed E-state index contributed by atoms with van der Waals surface area (Å²) in [6.07, 6.45) is 6.44. The van der Waals surface area contributed by atoms with Crippen LogP contribution in [0.1, 0.15) is 32.1 Å². The fourth-order valence-corrected chi connectivity index (χ4v) is 4.35. The minimum Gasteiger partial charge on any atom is -0.460 e. The van der Waals surface area contributed by atoms with Crippen LogP contribution < -0.4 is 10.1 Å². The molecule has 1 aliphatic carbocycles. The molecule has 1 amide bonds. The third kappa shape index (κ3) is 5.75. The fraction of sp³-hybridized carbons (Fsp3) is 0.421. The van der Waals surface area contributed by atoms with Crippen LogP contribution in [0.5, 0.6) is 6.01 Å². The molecule has 0 saturated heterocycles. The average Bonchev–Trinajstić information content (AvgIpc) is 2.70. The molecule has 0 aliphatic heterocycles. The molecule has 144 valence electrons. The first-order chi connectivity index (χ1) is 13.0. The Morgan fingerprint density at radius 3 is 2.37 bits per heavy atom. The molecule has 2 aromatic rings. The van der Waals surface area contributed by atoms with Crippen LogP contribution >= 0.6 is 0 Å². The van der Waals surface area contributed by atoms with Crippen LogP contribution in [0.25, 0.3) is 0 Å². The van der Waals surface area contributed by atoms with Crippen molar-refractivity contribution in [2.24, 2.45) is 0 Å². The summed E-state index contributed by atoms with van der Waals surface area (Å²) in [5, 5.41) is 2.94. The summed E-state index contributed by atoms with van der Waals surface area (Å²) in [6.45, 7) is 0. The summed E-state index contributed by atoms with van der Waals surface area (Å²) >= 11 is 0. The lowest BCUT2D eigenvalue weighted by Gasteiger charge is -2.28. The van der Waals surface area contributed by atoms with E-state index in [2.05, 4.69) is 15.3 Å². The van der Waals surface area contributed by atoms with Gasteiger partial charge in [0, 0.05) is 24.9 Å². The van der Waals surface area contributed by atoms with Gasteiger partial charge in [0.15, 0.2) is 9.84 Å². The number of aromatic nitrogens is 2. The van der Waals surface area contributed by atoms with Crippen molar-refractivity contribution in [1.29, 1.82) is 0 Å². The van der Waals surface area contributed by atoms with E-state index in [-0.39, 0.29) is 35.1 Å². The van der Waals surface area contributed by atoms with E-state index >= 15 is 0 Å². The van der Waals surface area contributed by atoms with Crippen molar-refractivity contribution in [1.82, 2.24) is 15.3 Å². The maximum absolute atomic E-state index is 12.2. The molecule has 27 heavy (non-hydrogen) atoms. The number of amides is 1. The quantitative estimate of drug-likeness (QED) is 0.779. The molecule has 1 aliphatic rings. The molecule has 1 N–H and O–H groups in total. The van der Waals surface area contributed by atoms with E-state index in [9.17, 15) is 13.2 Å². The minimum atomic E-state index is -3.43. The number of sulfone groups is 1.